The molecule has 0 saturated heterocycles. The number of halogens is 8. The van der Waals surface area contributed by atoms with Gasteiger partial charge in [-0.25, -0.2) is 0 Å². The van der Waals surface area contributed by atoms with Crippen LogP contribution in [0.4, 0.5) is 35.1 Å². The third kappa shape index (κ3) is 1.96. The first-order valence-electron chi connectivity index (χ1n) is 6.51. The summed E-state index contributed by atoms with van der Waals surface area (Å²) in [6, 6.07) is 6.88. The maximum absolute atomic E-state index is 13.9. The zero-order valence-electron chi connectivity index (χ0n) is 11.5. The lowest BCUT2D eigenvalue weighted by Gasteiger charge is -2.40. The van der Waals surface area contributed by atoms with Crippen LogP contribution in [0.25, 0.3) is 16.3 Å². The summed E-state index contributed by atoms with van der Waals surface area (Å²) in [7, 11) is 0. The molecule has 0 aliphatic heterocycles. The van der Waals surface area contributed by atoms with Gasteiger partial charge in [0, 0.05) is 17.7 Å². The maximum Gasteiger partial charge on any atom is 0.382 e. The van der Waals surface area contributed by atoms with Gasteiger partial charge >= 0.3 is 23.7 Å². The van der Waals surface area contributed by atoms with Crippen molar-refractivity contribution in [2.75, 3.05) is 0 Å². The summed E-state index contributed by atoms with van der Waals surface area (Å²) in [5.41, 5.74) is -2.86. The van der Waals surface area contributed by atoms with Crippen LogP contribution in [0, 0.1) is 0 Å². The molecule has 0 unspecified atom stereocenters. The van der Waals surface area contributed by atoms with E-state index in [0.29, 0.717) is 5.39 Å². The molecule has 128 valence electrons. The summed E-state index contributed by atoms with van der Waals surface area (Å²) in [6.45, 7) is 0. The minimum absolute atomic E-state index is 0.253. The van der Waals surface area contributed by atoms with Crippen molar-refractivity contribution in [3.63, 3.8) is 0 Å². The minimum atomic E-state index is -6.28. The largest absolute Gasteiger partial charge is 0.382 e. The fourth-order valence-electron chi connectivity index (χ4n) is 2.40. The Hall–Kier alpha value is -2.19. The Kier molecular flexibility index (Phi) is 3.24. The van der Waals surface area contributed by atoms with Gasteiger partial charge in [0.1, 0.15) is 0 Å². The van der Waals surface area contributed by atoms with Crippen molar-refractivity contribution in [2.24, 2.45) is 0 Å². The summed E-state index contributed by atoms with van der Waals surface area (Å²) in [6.07, 6.45) is 0.173. The van der Waals surface area contributed by atoms with Crippen LogP contribution in [-0.2, 0) is 0 Å². The molecule has 0 atom stereocenters. The number of rotatable bonds is 1. The highest BCUT2D eigenvalue weighted by Crippen LogP contribution is 2.60. The lowest BCUT2D eigenvalue weighted by molar-refractivity contribution is -0.348. The van der Waals surface area contributed by atoms with Crippen molar-refractivity contribution in [2.45, 2.75) is 23.7 Å². The Bertz CT molecular complexity index is 840. The number of alkyl halides is 8. The molecule has 2 aromatic rings. The van der Waals surface area contributed by atoms with E-state index in [1.165, 1.54) is 18.2 Å². The van der Waals surface area contributed by atoms with E-state index < -0.39 is 41.0 Å². The van der Waals surface area contributed by atoms with Crippen LogP contribution in [-0.4, -0.2) is 28.7 Å². The Morgan fingerprint density at radius 2 is 1.33 bits per heavy atom. The monoisotopic (exact) mass is 353 g/mol. The van der Waals surface area contributed by atoms with Crippen LogP contribution in [0.5, 0.6) is 0 Å². The van der Waals surface area contributed by atoms with E-state index in [2.05, 4.69) is 4.98 Å². The lowest BCUT2D eigenvalue weighted by Crippen LogP contribution is -2.65. The maximum atomic E-state index is 13.9. The van der Waals surface area contributed by atoms with Crippen LogP contribution in [0.1, 0.15) is 5.69 Å². The number of allylic oxidation sites excluding steroid dienone is 2. The zero-order chi connectivity index (χ0) is 18.0. The van der Waals surface area contributed by atoms with E-state index in [-0.39, 0.29) is 5.39 Å². The molecule has 24 heavy (non-hydrogen) atoms. The first-order chi connectivity index (χ1) is 10.9. The fourth-order valence-corrected chi connectivity index (χ4v) is 2.40. The molecule has 1 nitrogen and oxygen atoms in total. The van der Waals surface area contributed by atoms with E-state index >= 15 is 0 Å². The number of hydrogen-bond donors (Lipinski definition) is 0. The second-order valence-electron chi connectivity index (χ2n) is 5.32. The molecule has 1 aromatic carbocycles. The summed E-state index contributed by atoms with van der Waals surface area (Å²) in [4.78, 5) is 3.45. The van der Waals surface area contributed by atoms with Gasteiger partial charge in [-0.15, -0.1) is 0 Å². The summed E-state index contributed by atoms with van der Waals surface area (Å²) < 4.78 is 108. The highest BCUT2D eigenvalue weighted by atomic mass is 19.4. The molecular weight excluding hydrogens is 346 g/mol. The Morgan fingerprint density at radius 3 is 1.96 bits per heavy atom. The van der Waals surface area contributed by atoms with Crippen LogP contribution in [0.15, 0.2) is 42.6 Å². The average Bonchev–Trinajstić information content (AvgIpc) is 2.50. The van der Waals surface area contributed by atoms with Gasteiger partial charge in [0.2, 0.25) is 0 Å². The minimum Gasteiger partial charge on any atom is -0.256 e. The van der Waals surface area contributed by atoms with Crippen molar-refractivity contribution >= 4 is 16.3 Å². The third-order valence-corrected chi connectivity index (χ3v) is 3.78. The van der Waals surface area contributed by atoms with E-state index in [1.807, 2.05) is 0 Å². The van der Waals surface area contributed by atoms with Crippen molar-refractivity contribution in [3.8, 4) is 0 Å². The number of nitrogens with zero attached hydrogens (tertiary/aromatic N) is 1. The van der Waals surface area contributed by atoms with Gasteiger partial charge < -0.3 is 0 Å². The van der Waals surface area contributed by atoms with Gasteiger partial charge in [0.05, 0.1) is 11.3 Å². The number of hydrogen-bond acceptors (Lipinski definition) is 1. The first-order valence-corrected chi connectivity index (χ1v) is 6.51. The van der Waals surface area contributed by atoms with Crippen LogP contribution < -0.4 is 0 Å². The van der Waals surface area contributed by atoms with Gasteiger partial charge in [0.15, 0.2) is 0 Å². The second kappa shape index (κ2) is 4.67. The first kappa shape index (κ1) is 16.7. The molecule has 0 amide bonds. The van der Waals surface area contributed by atoms with Crippen molar-refractivity contribution < 1.29 is 35.1 Å². The molecule has 9 heteroatoms. The Balaban J connectivity index is 2.26. The zero-order valence-corrected chi connectivity index (χ0v) is 11.5. The molecule has 0 radical (unpaired) electrons. The lowest BCUT2D eigenvalue weighted by atomic mass is 9.84. The molecule has 0 spiro atoms. The van der Waals surface area contributed by atoms with Crippen molar-refractivity contribution in [1.29, 1.82) is 0 Å². The number of pyridine rings is 1. The van der Waals surface area contributed by atoms with Gasteiger partial charge in [-0.3, -0.25) is 4.98 Å². The molecule has 0 fully saturated rings. The molecule has 1 aliphatic rings. The molecular formula is C15H7F8N. The Morgan fingerprint density at radius 1 is 0.750 bits per heavy atom. The molecule has 0 saturated carbocycles. The van der Waals surface area contributed by atoms with Gasteiger partial charge in [-0.1, -0.05) is 24.3 Å². The predicted molar refractivity (Wildman–Crippen MR) is 69.5 cm³/mol. The molecule has 0 N–H and O–H groups in total. The topological polar surface area (TPSA) is 12.9 Å². The van der Waals surface area contributed by atoms with Crippen molar-refractivity contribution in [3.05, 3.63) is 48.3 Å². The van der Waals surface area contributed by atoms with Gasteiger partial charge in [-0.2, -0.15) is 35.1 Å². The second-order valence-corrected chi connectivity index (χ2v) is 5.32. The summed E-state index contributed by atoms with van der Waals surface area (Å²) in [5, 5.41) is 0.688. The van der Waals surface area contributed by atoms with E-state index in [9.17, 15) is 35.1 Å². The Labute approximate surface area is 129 Å². The van der Waals surface area contributed by atoms with E-state index in [1.54, 1.807) is 6.07 Å². The highest BCUT2D eigenvalue weighted by Gasteiger charge is 2.83. The molecule has 3 rings (SSSR count). The summed E-state index contributed by atoms with van der Waals surface area (Å²) in [5.74, 6) is -23.5. The van der Waals surface area contributed by atoms with Gasteiger partial charge in [-0.05, 0) is 11.5 Å². The quantitative estimate of drug-likeness (QED) is 0.645. The van der Waals surface area contributed by atoms with Crippen LogP contribution >= 0.6 is 0 Å². The van der Waals surface area contributed by atoms with Gasteiger partial charge in [0.25, 0.3) is 0 Å². The number of fused-ring (bicyclic) bond motifs is 1. The normalized spacial score (nSPS) is 23.8. The number of benzene rings is 1. The fraction of sp³-hybridized carbons (Fsp3) is 0.267. The van der Waals surface area contributed by atoms with Crippen molar-refractivity contribution in [1.82, 2.24) is 4.98 Å². The molecule has 1 aromatic heterocycles. The standard InChI is InChI=1S/C15H7F8N/c16-12(17)6-10(13(18,19)15(22,23)14(12,20)21)11-5-8-3-1-2-4-9(8)7-24-11/h1-7H. The van der Waals surface area contributed by atoms with Crippen LogP contribution in [0.3, 0.4) is 0 Å². The molecule has 0 bridgehead atoms. The van der Waals surface area contributed by atoms with E-state index in [0.717, 1.165) is 12.3 Å². The third-order valence-electron chi connectivity index (χ3n) is 3.78. The summed E-state index contributed by atoms with van der Waals surface area (Å²) >= 11 is 0. The molecule has 1 heterocycles. The number of aromatic nitrogens is 1. The predicted octanol–water partition coefficient (Wildman–Crippen LogP) is 5.17. The highest BCUT2D eigenvalue weighted by molar-refractivity contribution is 5.85. The molecule has 1 aliphatic carbocycles. The SMILES string of the molecule is FC1(F)C=C(c2cc3ccccc3cn2)C(F)(F)C(F)(F)C1(F)F. The average molecular weight is 353 g/mol. The van der Waals surface area contributed by atoms with Crippen LogP contribution in [0.2, 0.25) is 0 Å². The van der Waals surface area contributed by atoms with E-state index in [4.69, 9.17) is 0 Å². The smallest absolute Gasteiger partial charge is 0.256 e.